The molecule has 0 atom stereocenters. The van der Waals surface area contributed by atoms with Gasteiger partial charge in [-0.2, -0.15) is 0 Å². The van der Waals surface area contributed by atoms with E-state index in [1.54, 1.807) is 6.20 Å². The normalized spacial score (nSPS) is 16.1. The number of aryl methyl sites for hydroxylation is 1. The van der Waals surface area contributed by atoms with Crippen molar-refractivity contribution in [3.05, 3.63) is 40.6 Å². The molecule has 0 radical (unpaired) electrons. The van der Waals surface area contributed by atoms with Crippen molar-refractivity contribution in [2.45, 2.75) is 6.92 Å². The van der Waals surface area contributed by atoms with E-state index >= 15 is 0 Å². The lowest BCUT2D eigenvalue weighted by atomic mass is 10.0. The molecule has 5 heteroatoms. The molecule has 1 aliphatic heterocycles. The summed E-state index contributed by atoms with van der Waals surface area (Å²) in [7, 11) is 1.43. The van der Waals surface area contributed by atoms with Crippen LogP contribution in [0, 0.1) is 6.92 Å². The number of nitrogens with one attached hydrogen (secondary N) is 1. The summed E-state index contributed by atoms with van der Waals surface area (Å²) in [6.07, 6.45) is 1.71. The minimum atomic E-state index is -0.455. The fourth-order valence-corrected chi connectivity index (χ4v) is 2.59. The second kappa shape index (κ2) is 3.96. The number of amides is 2. The summed E-state index contributed by atoms with van der Waals surface area (Å²) in [4.78, 5) is 28.0. The average molecular weight is 275 g/mol. The summed E-state index contributed by atoms with van der Waals surface area (Å²) >= 11 is 6.00. The second-order valence-electron chi connectivity index (χ2n) is 4.61. The third kappa shape index (κ3) is 1.60. The van der Waals surface area contributed by atoms with Gasteiger partial charge in [0.1, 0.15) is 5.03 Å². The van der Waals surface area contributed by atoms with E-state index in [4.69, 9.17) is 11.6 Å². The quantitative estimate of drug-likeness (QED) is 0.812. The highest BCUT2D eigenvalue weighted by atomic mass is 35.5. The van der Waals surface area contributed by atoms with Crippen molar-refractivity contribution in [3.8, 4) is 0 Å². The lowest BCUT2D eigenvalue weighted by molar-refractivity contribution is -0.134. The number of benzene rings is 1. The molecule has 2 amide bonds. The standard InChI is InChI=1S/C14H11ClN2O2/c1-7-3-4-10-8(5-7)9(6-16-10)11-12(15)14(19)17(2)13(11)18/h3-6,16H,1-2H3. The van der Waals surface area contributed by atoms with Crippen molar-refractivity contribution in [1.82, 2.24) is 9.88 Å². The second-order valence-corrected chi connectivity index (χ2v) is 4.99. The van der Waals surface area contributed by atoms with E-state index in [9.17, 15) is 9.59 Å². The maximum absolute atomic E-state index is 12.1. The summed E-state index contributed by atoms with van der Waals surface area (Å²) in [6, 6.07) is 5.88. The van der Waals surface area contributed by atoms with Crippen LogP contribution < -0.4 is 0 Å². The molecule has 0 saturated heterocycles. The number of H-pyrrole nitrogens is 1. The number of halogens is 1. The summed E-state index contributed by atoms with van der Waals surface area (Å²) in [5, 5.41) is 0.875. The third-order valence-corrected chi connectivity index (χ3v) is 3.69. The number of aromatic amines is 1. The van der Waals surface area contributed by atoms with Gasteiger partial charge in [0.05, 0.1) is 5.57 Å². The van der Waals surface area contributed by atoms with Gasteiger partial charge in [-0.3, -0.25) is 14.5 Å². The lowest BCUT2D eigenvalue weighted by Gasteiger charge is -2.05. The molecule has 1 aromatic heterocycles. The fourth-order valence-electron chi connectivity index (χ4n) is 2.28. The SMILES string of the molecule is Cc1ccc2[nH]cc(C3=C(Cl)C(=O)N(C)C3=O)c2c1. The average Bonchev–Trinajstić information content (AvgIpc) is 2.86. The van der Waals surface area contributed by atoms with Gasteiger partial charge in [-0.15, -0.1) is 0 Å². The van der Waals surface area contributed by atoms with Gasteiger partial charge in [-0.05, 0) is 19.1 Å². The van der Waals surface area contributed by atoms with Crippen LogP contribution in [0.25, 0.3) is 16.5 Å². The zero-order valence-electron chi connectivity index (χ0n) is 10.5. The van der Waals surface area contributed by atoms with Gasteiger partial charge < -0.3 is 4.98 Å². The first kappa shape index (κ1) is 12.0. The Kier molecular flexibility index (Phi) is 2.50. The summed E-state index contributed by atoms with van der Waals surface area (Å²) in [5.74, 6) is -0.818. The molecule has 0 spiro atoms. The topological polar surface area (TPSA) is 53.2 Å². The van der Waals surface area contributed by atoms with Gasteiger partial charge in [0, 0.05) is 29.7 Å². The Hall–Kier alpha value is -2.07. The summed E-state index contributed by atoms with van der Waals surface area (Å²) in [5.41, 5.74) is 2.93. The Morgan fingerprint density at radius 1 is 1.21 bits per heavy atom. The maximum Gasteiger partial charge on any atom is 0.272 e. The van der Waals surface area contributed by atoms with Gasteiger partial charge in [0.15, 0.2) is 0 Å². The van der Waals surface area contributed by atoms with Gasteiger partial charge >= 0.3 is 0 Å². The van der Waals surface area contributed by atoms with Crippen LogP contribution in [0.3, 0.4) is 0 Å². The molecule has 0 bridgehead atoms. The number of hydrogen-bond acceptors (Lipinski definition) is 2. The first-order valence-corrected chi connectivity index (χ1v) is 6.19. The first-order valence-electron chi connectivity index (χ1n) is 5.81. The van der Waals surface area contributed by atoms with E-state index in [1.807, 2.05) is 25.1 Å². The molecule has 0 aliphatic carbocycles. The van der Waals surface area contributed by atoms with E-state index in [0.717, 1.165) is 21.4 Å². The molecule has 3 rings (SSSR count). The molecular formula is C14H11ClN2O2. The highest BCUT2D eigenvalue weighted by Crippen LogP contribution is 2.34. The first-order chi connectivity index (χ1) is 9.00. The van der Waals surface area contributed by atoms with Crippen molar-refractivity contribution < 1.29 is 9.59 Å². The Labute approximate surface area is 114 Å². The van der Waals surface area contributed by atoms with Crippen LogP contribution in [0.1, 0.15) is 11.1 Å². The van der Waals surface area contributed by atoms with Crippen LogP contribution in [0.5, 0.6) is 0 Å². The molecule has 1 aromatic carbocycles. The minimum Gasteiger partial charge on any atom is -0.361 e. The van der Waals surface area contributed by atoms with Crippen molar-refractivity contribution >= 4 is 39.9 Å². The predicted octanol–water partition coefficient (Wildman–Crippen LogP) is 2.42. The molecule has 2 heterocycles. The highest BCUT2D eigenvalue weighted by Gasteiger charge is 2.36. The summed E-state index contributed by atoms with van der Waals surface area (Å²) in [6.45, 7) is 1.97. The van der Waals surface area contributed by atoms with Gasteiger partial charge in [-0.25, -0.2) is 0 Å². The Morgan fingerprint density at radius 2 is 1.95 bits per heavy atom. The molecule has 96 valence electrons. The number of carbonyl (C=O) groups is 2. The van der Waals surface area contributed by atoms with Crippen LogP contribution in [0.4, 0.5) is 0 Å². The highest BCUT2D eigenvalue weighted by molar-refractivity contribution is 6.55. The van der Waals surface area contributed by atoms with E-state index in [-0.39, 0.29) is 16.5 Å². The molecule has 4 nitrogen and oxygen atoms in total. The van der Waals surface area contributed by atoms with Gasteiger partial charge in [0.25, 0.3) is 11.8 Å². The van der Waals surface area contributed by atoms with Crippen molar-refractivity contribution in [2.24, 2.45) is 0 Å². The molecule has 0 saturated carbocycles. The molecule has 0 fully saturated rings. The van der Waals surface area contributed by atoms with Crippen molar-refractivity contribution in [1.29, 1.82) is 0 Å². The van der Waals surface area contributed by atoms with Gasteiger partial charge in [0.2, 0.25) is 0 Å². The monoisotopic (exact) mass is 274 g/mol. The van der Waals surface area contributed by atoms with Crippen LogP contribution in [0.15, 0.2) is 29.4 Å². The number of imide groups is 1. The fraction of sp³-hybridized carbons (Fsp3) is 0.143. The molecule has 2 aromatic rings. The predicted molar refractivity (Wildman–Crippen MR) is 73.6 cm³/mol. The zero-order chi connectivity index (χ0) is 13.7. The number of carbonyl (C=O) groups excluding carboxylic acids is 2. The molecular weight excluding hydrogens is 264 g/mol. The number of nitrogens with zero attached hydrogens (tertiary/aromatic N) is 1. The van der Waals surface area contributed by atoms with Crippen LogP contribution >= 0.6 is 11.6 Å². The largest absolute Gasteiger partial charge is 0.361 e. The molecule has 0 unspecified atom stereocenters. The van der Waals surface area contributed by atoms with Crippen LogP contribution in [-0.4, -0.2) is 28.7 Å². The van der Waals surface area contributed by atoms with E-state index in [0.29, 0.717) is 5.56 Å². The third-order valence-electron chi connectivity index (χ3n) is 3.34. The number of aromatic nitrogens is 1. The molecule has 1 aliphatic rings. The number of hydrogen-bond donors (Lipinski definition) is 1. The number of likely N-dealkylation sites (N-methyl/N-ethyl adjacent to an activating group) is 1. The lowest BCUT2D eigenvalue weighted by Crippen LogP contribution is -2.26. The van der Waals surface area contributed by atoms with Crippen molar-refractivity contribution in [3.63, 3.8) is 0 Å². The van der Waals surface area contributed by atoms with E-state index < -0.39 is 5.91 Å². The van der Waals surface area contributed by atoms with Crippen LogP contribution in [-0.2, 0) is 9.59 Å². The Bertz CT molecular complexity index is 758. The van der Waals surface area contributed by atoms with E-state index in [1.165, 1.54) is 7.05 Å². The zero-order valence-corrected chi connectivity index (χ0v) is 11.2. The number of fused-ring (bicyclic) bond motifs is 1. The molecule has 1 N–H and O–H groups in total. The van der Waals surface area contributed by atoms with E-state index in [2.05, 4.69) is 4.98 Å². The maximum atomic E-state index is 12.1. The van der Waals surface area contributed by atoms with Crippen molar-refractivity contribution in [2.75, 3.05) is 7.05 Å². The number of rotatable bonds is 1. The molecule has 19 heavy (non-hydrogen) atoms. The Balaban J connectivity index is 2.28. The van der Waals surface area contributed by atoms with Gasteiger partial charge in [-0.1, -0.05) is 23.2 Å². The summed E-state index contributed by atoms with van der Waals surface area (Å²) < 4.78 is 0. The minimum absolute atomic E-state index is 0.0186. The smallest absolute Gasteiger partial charge is 0.272 e. The Morgan fingerprint density at radius 3 is 2.58 bits per heavy atom. The van der Waals surface area contributed by atoms with Crippen LogP contribution in [0.2, 0.25) is 0 Å².